The summed E-state index contributed by atoms with van der Waals surface area (Å²) in [5.74, 6) is 0.868. The van der Waals surface area contributed by atoms with E-state index >= 15 is 0 Å². The molecule has 1 aliphatic rings. The predicted molar refractivity (Wildman–Crippen MR) is 80.5 cm³/mol. The second-order valence-corrected chi connectivity index (χ2v) is 5.64. The van der Waals surface area contributed by atoms with E-state index in [9.17, 15) is 4.79 Å². The average Bonchev–Trinajstić information content (AvgIpc) is 2.38. The van der Waals surface area contributed by atoms with Crippen LogP contribution in [0, 0.1) is 5.92 Å². The number of benzene rings is 1. The highest BCUT2D eigenvalue weighted by Gasteiger charge is 2.20. The zero-order chi connectivity index (χ0) is 13.8. The van der Waals surface area contributed by atoms with E-state index in [1.165, 1.54) is 32.1 Å². The molecular weight excluding hydrogens is 236 g/mol. The Morgan fingerprint density at radius 1 is 1.42 bits per heavy atom. The molecule has 2 atom stereocenters. The van der Waals surface area contributed by atoms with Crippen LogP contribution in [0.1, 0.15) is 56.3 Å². The van der Waals surface area contributed by atoms with Crippen molar-refractivity contribution in [3.8, 4) is 0 Å². The minimum absolute atomic E-state index is 0.0211. The van der Waals surface area contributed by atoms with Gasteiger partial charge in [0.1, 0.15) is 0 Å². The summed E-state index contributed by atoms with van der Waals surface area (Å²) in [6, 6.07) is 6.20. The molecule has 0 saturated heterocycles. The molecule has 2 rings (SSSR count). The Balaban J connectivity index is 2.03. The van der Waals surface area contributed by atoms with Crippen molar-refractivity contribution >= 4 is 17.2 Å². The summed E-state index contributed by atoms with van der Waals surface area (Å²) in [5, 5.41) is 3.56. The first-order valence-corrected chi connectivity index (χ1v) is 7.27. The number of hydrogen-bond donors (Lipinski definition) is 2. The highest BCUT2D eigenvalue weighted by atomic mass is 16.1. The van der Waals surface area contributed by atoms with Crippen LogP contribution >= 0.6 is 0 Å². The maximum absolute atomic E-state index is 11.3. The highest BCUT2D eigenvalue weighted by Crippen LogP contribution is 2.29. The molecule has 3 nitrogen and oxygen atoms in total. The number of ketones is 1. The van der Waals surface area contributed by atoms with Gasteiger partial charge in [0.25, 0.3) is 0 Å². The van der Waals surface area contributed by atoms with E-state index in [4.69, 9.17) is 5.73 Å². The van der Waals surface area contributed by atoms with Crippen LogP contribution in [0.15, 0.2) is 18.2 Å². The second kappa shape index (κ2) is 6.09. The minimum atomic E-state index is 0.0211. The van der Waals surface area contributed by atoms with Crippen molar-refractivity contribution in [2.24, 2.45) is 5.92 Å². The van der Waals surface area contributed by atoms with E-state index in [0.29, 0.717) is 17.3 Å². The van der Waals surface area contributed by atoms with Crippen LogP contribution in [0.5, 0.6) is 0 Å². The quantitative estimate of drug-likeness (QED) is 0.638. The second-order valence-electron chi connectivity index (χ2n) is 5.64. The Hall–Kier alpha value is -1.51. The monoisotopic (exact) mass is 260 g/mol. The molecule has 0 heterocycles. The number of nitrogens with two attached hydrogens (primary N) is 1. The molecular formula is C16H24N2O. The lowest BCUT2D eigenvalue weighted by Gasteiger charge is -2.30. The SMILES string of the molecule is CCC1CCCC(Nc2ccc(C(C)=O)c(N)c2)C1. The van der Waals surface area contributed by atoms with Gasteiger partial charge in [0.2, 0.25) is 0 Å². The summed E-state index contributed by atoms with van der Waals surface area (Å²) in [6.45, 7) is 3.82. The van der Waals surface area contributed by atoms with Gasteiger partial charge >= 0.3 is 0 Å². The van der Waals surface area contributed by atoms with Gasteiger partial charge in [-0.15, -0.1) is 0 Å². The number of carbonyl (C=O) groups is 1. The molecule has 19 heavy (non-hydrogen) atoms. The summed E-state index contributed by atoms with van der Waals surface area (Å²) in [7, 11) is 0. The number of carbonyl (C=O) groups excluding carboxylic acids is 1. The van der Waals surface area contributed by atoms with Crippen LogP contribution in [0.2, 0.25) is 0 Å². The van der Waals surface area contributed by atoms with E-state index < -0.39 is 0 Å². The van der Waals surface area contributed by atoms with Crippen molar-refractivity contribution in [3.05, 3.63) is 23.8 Å². The van der Waals surface area contributed by atoms with Crippen molar-refractivity contribution in [1.29, 1.82) is 0 Å². The predicted octanol–water partition coefficient (Wildman–Crippen LogP) is 3.85. The normalized spacial score (nSPS) is 23.1. The fourth-order valence-electron chi connectivity index (χ4n) is 3.00. The van der Waals surface area contributed by atoms with Crippen molar-refractivity contribution < 1.29 is 4.79 Å². The molecule has 1 aromatic rings. The van der Waals surface area contributed by atoms with E-state index in [1.807, 2.05) is 18.2 Å². The third kappa shape index (κ3) is 3.49. The van der Waals surface area contributed by atoms with Crippen molar-refractivity contribution in [1.82, 2.24) is 0 Å². The molecule has 3 heteroatoms. The topological polar surface area (TPSA) is 55.1 Å². The number of nitrogens with one attached hydrogen (secondary N) is 1. The van der Waals surface area contributed by atoms with Gasteiger partial charge in [-0.25, -0.2) is 0 Å². The van der Waals surface area contributed by atoms with Gasteiger partial charge in [-0.3, -0.25) is 4.79 Å². The molecule has 0 spiro atoms. The number of Topliss-reactive ketones (excluding diaryl/α,β-unsaturated/α-hetero) is 1. The molecule has 1 aromatic carbocycles. The third-order valence-electron chi connectivity index (χ3n) is 4.16. The van der Waals surface area contributed by atoms with Gasteiger partial charge in [0.05, 0.1) is 0 Å². The van der Waals surface area contributed by atoms with E-state index in [2.05, 4.69) is 12.2 Å². The Morgan fingerprint density at radius 2 is 2.21 bits per heavy atom. The first-order chi connectivity index (χ1) is 9.10. The van der Waals surface area contributed by atoms with Gasteiger partial charge < -0.3 is 11.1 Å². The molecule has 1 aliphatic carbocycles. The fourth-order valence-corrected chi connectivity index (χ4v) is 3.00. The summed E-state index contributed by atoms with van der Waals surface area (Å²) < 4.78 is 0. The van der Waals surface area contributed by atoms with E-state index in [1.54, 1.807) is 6.92 Å². The Kier molecular flexibility index (Phi) is 4.46. The zero-order valence-corrected chi connectivity index (χ0v) is 11.9. The molecule has 0 radical (unpaired) electrons. The van der Waals surface area contributed by atoms with E-state index in [0.717, 1.165) is 11.6 Å². The summed E-state index contributed by atoms with van der Waals surface area (Å²) in [5.41, 5.74) is 8.13. The standard InChI is InChI=1S/C16H24N2O/c1-3-12-5-4-6-13(9-12)18-14-7-8-15(11(2)19)16(17)10-14/h7-8,10,12-13,18H,3-6,9,17H2,1-2H3. The molecule has 0 aromatic heterocycles. The average molecular weight is 260 g/mol. The van der Waals surface area contributed by atoms with Crippen LogP contribution in [-0.4, -0.2) is 11.8 Å². The van der Waals surface area contributed by atoms with Gasteiger partial charge in [-0.2, -0.15) is 0 Å². The maximum atomic E-state index is 11.3. The summed E-state index contributed by atoms with van der Waals surface area (Å²) in [6.07, 6.45) is 6.40. The van der Waals surface area contributed by atoms with Crippen LogP contribution in [0.4, 0.5) is 11.4 Å². The van der Waals surface area contributed by atoms with Crippen molar-refractivity contribution in [2.75, 3.05) is 11.1 Å². The summed E-state index contributed by atoms with van der Waals surface area (Å²) >= 11 is 0. The molecule has 2 unspecified atom stereocenters. The lowest BCUT2D eigenvalue weighted by Crippen LogP contribution is -2.27. The Bertz CT molecular complexity index is 456. The largest absolute Gasteiger partial charge is 0.398 e. The van der Waals surface area contributed by atoms with Crippen LogP contribution in [0.25, 0.3) is 0 Å². The summed E-state index contributed by atoms with van der Waals surface area (Å²) in [4.78, 5) is 11.3. The lowest BCUT2D eigenvalue weighted by molar-refractivity contribution is 0.101. The first kappa shape index (κ1) is 13.9. The van der Waals surface area contributed by atoms with Crippen LogP contribution in [-0.2, 0) is 0 Å². The van der Waals surface area contributed by atoms with Crippen LogP contribution < -0.4 is 11.1 Å². The molecule has 104 valence electrons. The number of nitrogen functional groups attached to an aromatic ring is 1. The first-order valence-electron chi connectivity index (χ1n) is 7.27. The molecule has 0 aliphatic heterocycles. The Labute approximate surface area is 115 Å². The van der Waals surface area contributed by atoms with Gasteiger partial charge in [-0.05, 0) is 43.9 Å². The van der Waals surface area contributed by atoms with Gasteiger partial charge in [0.15, 0.2) is 5.78 Å². The highest BCUT2D eigenvalue weighted by molar-refractivity contribution is 5.99. The number of rotatable bonds is 4. The fraction of sp³-hybridized carbons (Fsp3) is 0.562. The smallest absolute Gasteiger partial charge is 0.161 e. The van der Waals surface area contributed by atoms with Crippen molar-refractivity contribution in [2.45, 2.75) is 52.0 Å². The van der Waals surface area contributed by atoms with Gasteiger partial charge in [0, 0.05) is 23.0 Å². The van der Waals surface area contributed by atoms with Crippen LogP contribution in [0.3, 0.4) is 0 Å². The number of hydrogen-bond acceptors (Lipinski definition) is 3. The van der Waals surface area contributed by atoms with Crippen molar-refractivity contribution in [3.63, 3.8) is 0 Å². The maximum Gasteiger partial charge on any atom is 0.161 e. The molecule has 1 saturated carbocycles. The van der Waals surface area contributed by atoms with E-state index in [-0.39, 0.29) is 5.78 Å². The molecule has 1 fully saturated rings. The number of anilines is 2. The molecule has 0 amide bonds. The molecule has 0 bridgehead atoms. The third-order valence-corrected chi connectivity index (χ3v) is 4.16. The zero-order valence-electron chi connectivity index (χ0n) is 11.9. The van der Waals surface area contributed by atoms with Gasteiger partial charge in [-0.1, -0.05) is 26.2 Å². The lowest BCUT2D eigenvalue weighted by atomic mass is 9.84. The minimum Gasteiger partial charge on any atom is -0.398 e. The Morgan fingerprint density at radius 3 is 2.84 bits per heavy atom. The molecule has 3 N–H and O–H groups in total.